The summed E-state index contributed by atoms with van der Waals surface area (Å²) in [5, 5.41) is 10.5. The lowest BCUT2D eigenvalue weighted by atomic mass is 9.96. The largest absolute Gasteiger partial charge is 0.462 e. The Balaban J connectivity index is 2.95. The van der Waals surface area contributed by atoms with Gasteiger partial charge >= 0.3 is 17.9 Å². The Kier molecular flexibility index (Phi) is 7.33. The molecule has 0 aromatic heterocycles. The van der Waals surface area contributed by atoms with E-state index in [2.05, 4.69) is 0 Å². The molecular formula is C16H26O9. The Morgan fingerprint density at radius 3 is 2.00 bits per heavy atom. The van der Waals surface area contributed by atoms with Gasteiger partial charge in [0, 0.05) is 21.0 Å². The van der Waals surface area contributed by atoms with Crippen LogP contribution < -0.4 is 0 Å². The molecule has 1 heterocycles. The van der Waals surface area contributed by atoms with Gasteiger partial charge in [0.2, 0.25) is 0 Å². The van der Waals surface area contributed by atoms with Crippen molar-refractivity contribution in [2.45, 2.75) is 65.3 Å². The van der Waals surface area contributed by atoms with Gasteiger partial charge in [-0.2, -0.15) is 0 Å². The van der Waals surface area contributed by atoms with Gasteiger partial charge < -0.3 is 28.8 Å². The number of rotatable bonds is 5. The molecule has 0 aliphatic carbocycles. The number of esters is 3. The lowest BCUT2D eigenvalue weighted by Crippen LogP contribution is -2.61. The third kappa shape index (κ3) is 5.94. The quantitative estimate of drug-likeness (QED) is 0.539. The highest BCUT2D eigenvalue weighted by molar-refractivity contribution is 5.75. The van der Waals surface area contributed by atoms with E-state index in [1.165, 1.54) is 7.11 Å². The predicted octanol–water partition coefficient (Wildman–Crippen LogP) is 0.171. The second-order valence-corrected chi connectivity index (χ2v) is 6.77. The van der Waals surface area contributed by atoms with Crippen LogP contribution in [-0.2, 0) is 38.1 Å². The molecule has 1 fully saturated rings. The van der Waals surface area contributed by atoms with Crippen LogP contribution in [0.25, 0.3) is 0 Å². The van der Waals surface area contributed by atoms with Gasteiger partial charge in [0.25, 0.3) is 0 Å². The fourth-order valence-corrected chi connectivity index (χ4v) is 2.25. The van der Waals surface area contributed by atoms with Gasteiger partial charge in [-0.15, -0.1) is 0 Å². The normalized spacial score (nSPS) is 29.6. The van der Waals surface area contributed by atoms with Gasteiger partial charge in [-0.25, -0.2) is 0 Å². The maximum atomic E-state index is 11.9. The first kappa shape index (κ1) is 21.3. The van der Waals surface area contributed by atoms with E-state index in [1.54, 1.807) is 20.8 Å². The van der Waals surface area contributed by atoms with Crippen molar-refractivity contribution in [1.29, 1.82) is 0 Å². The number of carbonyl (C=O) groups is 3. The third-order valence-corrected chi connectivity index (χ3v) is 3.44. The van der Waals surface area contributed by atoms with Crippen LogP contribution in [0.2, 0.25) is 0 Å². The van der Waals surface area contributed by atoms with Crippen LogP contribution in [0, 0.1) is 5.41 Å². The summed E-state index contributed by atoms with van der Waals surface area (Å²) in [6.45, 7) is 7.11. The molecule has 0 saturated carbocycles. The van der Waals surface area contributed by atoms with Gasteiger partial charge in [0.1, 0.15) is 18.8 Å². The summed E-state index contributed by atoms with van der Waals surface area (Å²) >= 11 is 0. The summed E-state index contributed by atoms with van der Waals surface area (Å²) in [7, 11) is 1.30. The zero-order valence-corrected chi connectivity index (χ0v) is 15.3. The van der Waals surface area contributed by atoms with Crippen LogP contribution in [0.3, 0.4) is 0 Å². The highest BCUT2D eigenvalue weighted by Gasteiger charge is 2.49. The molecule has 1 aliphatic rings. The first-order valence-corrected chi connectivity index (χ1v) is 7.85. The molecule has 1 saturated heterocycles. The van der Waals surface area contributed by atoms with Crippen molar-refractivity contribution in [1.82, 2.24) is 0 Å². The lowest BCUT2D eigenvalue weighted by molar-refractivity contribution is -0.300. The van der Waals surface area contributed by atoms with E-state index in [4.69, 9.17) is 23.7 Å². The van der Waals surface area contributed by atoms with E-state index in [9.17, 15) is 19.5 Å². The zero-order chi connectivity index (χ0) is 19.4. The van der Waals surface area contributed by atoms with Crippen LogP contribution in [0.15, 0.2) is 0 Å². The Morgan fingerprint density at radius 2 is 1.56 bits per heavy atom. The lowest BCUT2D eigenvalue weighted by Gasteiger charge is -2.42. The minimum atomic E-state index is -1.41. The summed E-state index contributed by atoms with van der Waals surface area (Å²) in [5.74, 6) is -1.81. The fourth-order valence-electron chi connectivity index (χ4n) is 2.25. The summed E-state index contributed by atoms with van der Waals surface area (Å²) in [6, 6.07) is 0. The van der Waals surface area contributed by atoms with Gasteiger partial charge in [0.05, 0.1) is 5.41 Å². The van der Waals surface area contributed by atoms with Crippen LogP contribution >= 0.6 is 0 Å². The SMILES string of the molecule is CO[C@H]1O[C@H](COC(=O)C(C)(C)C)[C@@H](OC(C)=O)[C@H](O)[C@@H]1OC(C)=O. The third-order valence-electron chi connectivity index (χ3n) is 3.44. The monoisotopic (exact) mass is 362 g/mol. The standard InChI is InChI=1S/C16H26O9/c1-8(17)23-12-10(7-22-15(20)16(3,4)5)25-14(21-6)13(11(12)19)24-9(2)18/h10-14,19H,7H2,1-6H3/t10-,11+,12-,13+,14+/m1/s1. The summed E-state index contributed by atoms with van der Waals surface area (Å²) in [6.07, 6.45) is -5.89. The number of hydrogen-bond donors (Lipinski definition) is 1. The average molecular weight is 362 g/mol. The molecule has 1 aliphatic heterocycles. The molecule has 25 heavy (non-hydrogen) atoms. The Labute approximate surface area is 146 Å². The molecule has 0 unspecified atom stereocenters. The number of carbonyl (C=O) groups excluding carboxylic acids is 3. The molecule has 1 rings (SSSR count). The molecular weight excluding hydrogens is 336 g/mol. The molecule has 9 nitrogen and oxygen atoms in total. The van der Waals surface area contributed by atoms with E-state index in [0.29, 0.717) is 0 Å². The molecule has 0 amide bonds. The second kappa shape index (κ2) is 8.59. The highest BCUT2D eigenvalue weighted by Crippen LogP contribution is 2.27. The Hall–Kier alpha value is -1.71. The van der Waals surface area contributed by atoms with Crippen LogP contribution in [0.5, 0.6) is 0 Å². The molecule has 0 radical (unpaired) electrons. The topological polar surface area (TPSA) is 118 Å². The van der Waals surface area contributed by atoms with Crippen molar-refractivity contribution < 1.29 is 43.2 Å². The fraction of sp³-hybridized carbons (Fsp3) is 0.812. The van der Waals surface area contributed by atoms with Crippen molar-refractivity contribution in [2.24, 2.45) is 5.41 Å². The van der Waals surface area contributed by atoms with Crippen molar-refractivity contribution in [3.05, 3.63) is 0 Å². The minimum absolute atomic E-state index is 0.266. The van der Waals surface area contributed by atoms with E-state index in [1.807, 2.05) is 0 Å². The molecule has 144 valence electrons. The number of aliphatic hydroxyl groups excluding tert-OH is 1. The number of methoxy groups -OCH3 is 1. The molecule has 0 aromatic rings. The van der Waals surface area contributed by atoms with E-state index >= 15 is 0 Å². The first-order valence-electron chi connectivity index (χ1n) is 7.85. The maximum Gasteiger partial charge on any atom is 0.311 e. The van der Waals surface area contributed by atoms with Crippen molar-refractivity contribution in [2.75, 3.05) is 13.7 Å². The van der Waals surface area contributed by atoms with Crippen LogP contribution in [0.1, 0.15) is 34.6 Å². The molecule has 1 N–H and O–H groups in total. The number of hydrogen-bond acceptors (Lipinski definition) is 9. The zero-order valence-electron chi connectivity index (χ0n) is 15.3. The van der Waals surface area contributed by atoms with Gasteiger partial charge in [-0.1, -0.05) is 0 Å². The van der Waals surface area contributed by atoms with Gasteiger partial charge in [-0.05, 0) is 20.8 Å². The van der Waals surface area contributed by atoms with Crippen LogP contribution in [0.4, 0.5) is 0 Å². The summed E-state index contributed by atoms with van der Waals surface area (Å²) in [5.41, 5.74) is -0.731. The Bertz CT molecular complexity index is 496. The predicted molar refractivity (Wildman–Crippen MR) is 83.2 cm³/mol. The van der Waals surface area contributed by atoms with E-state index < -0.39 is 54.0 Å². The van der Waals surface area contributed by atoms with E-state index in [0.717, 1.165) is 13.8 Å². The molecule has 9 heteroatoms. The second-order valence-electron chi connectivity index (χ2n) is 6.77. The molecule has 5 atom stereocenters. The van der Waals surface area contributed by atoms with E-state index in [-0.39, 0.29) is 6.61 Å². The van der Waals surface area contributed by atoms with Crippen molar-refractivity contribution in [3.8, 4) is 0 Å². The summed E-state index contributed by atoms with van der Waals surface area (Å²) in [4.78, 5) is 34.5. The maximum absolute atomic E-state index is 11.9. The molecule has 0 spiro atoms. The number of ether oxygens (including phenoxy) is 5. The van der Waals surface area contributed by atoms with Crippen LogP contribution in [-0.4, -0.2) is 67.4 Å². The number of aliphatic hydroxyl groups is 1. The Morgan fingerprint density at radius 1 is 1.04 bits per heavy atom. The average Bonchev–Trinajstić information content (AvgIpc) is 2.48. The van der Waals surface area contributed by atoms with Gasteiger partial charge in [-0.3, -0.25) is 14.4 Å². The van der Waals surface area contributed by atoms with Gasteiger partial charge in [0.15, 0.2) is 18.5 Å². The van der Waals surface area contributed by atoms with Crippen molar-refractivity contribution >= 4 is 17.9 Å². The van der Waals surface area contributed by atoms with Crippen molar-refractivity contribution in [3.63, 3.8) is 0 Å². The first-order chi connectivity index (χ1) is 11.5. The highest BCUT2D eigenvalue weighted by atomic mass is 16.7. The molecule has 0 aromatic carbocycles. The molecule has 0 bridgehead atoms. The minimum Gasteiger partial charge on any atom is -0.462 e. The smallest absolute Gasteiger partial charge is 0.311 e. The summed E-state index contributed by atoms with van der Waals surface area (Å²) < 4.78 is 26.0.